The number of pyridine rings is 1. The van der Waals surface area contributed by atoms with Crippen LogP contribution in [0.4, 0.5) is 19.0 Å². The van der Waals surface area contributed by atoms with Crippen LogP contribution in [0, 0.1) is 0 Å². The molecule has 3 aromatic rings. The van der Waals surface area contributed by atoms with Gasteiger partial charge in [-0.3, -0.25) is 4.98 Å². The van der Waals surface area contributed by atoms with Crippen molar-refractivity contribution in [2.24, 2.45) is 0 Å². The number of anilines is 1. The number of rotatable bonds is 7. The zero-order valence-corrected chi connectivity index (χ0v) is 21.2. The lowest BCUT2D eigenvalue weighted by molar-refractivity contribution is -0.192. The van der Waals surface area contributed by atoms with E-state index >= 15 is 0 Å². The van der Waals surface area contributed by atoms with Crippen LogP contribution in [0.15, 0.2) is 40.3 Å². The predicted molar refractivity (Wildman–Crippen MR) is 131 cm³/mol. The highest BCUT2D eigenvalue weighted by molar-refractivity contribution is 7.99. The number of hydrogen-bond donors (Lipinski definition) is 2. The summed E-state index contributed by atoms with van der Waals surface area (Å²) >= 11 is 8.12. The van der Waals surface area contributed by atoms with Crippen molar-refractivity contribution in [3.63, 3.8) is 0 Å². The van der Waals surface area contributed by atoms with Crippen LogP contribution in [0.3, 0.4) is 0 Å². The van der Waals surface area contributed by atoms with Gasteiger partial charge in [0.1, 0.15) is 11.3 Å². The first kappa shape index (κ1) is 27.6. The molecule has 2 N–H and O–H groups in total. The maximum absolute atomic E-state index is 10.6. The van der Waals surface area contributed by atoms with Crippen molar-refractivity contribution in [2.45, 2.75) is 36.0 Å². The highest BCUT2D eigenvalue weighted by Gasteiger charge is 2.38. The summed E-state index contributed by atoms with van der Waals surface area (Å²) in [6.07, 6.45) is 1.67. The summed E-state index contributed by atoms with van der Waals surface area (Å²) in [5.74, 6) is -1.96. The molecule has 192 valence electrons. The van der Waals surface area contributed by atoms with Crippen LogP contribution < -0.4 is 5.32 Å². The SMILES string of the molecule is CCC1=C(Cl)c2c(nc(Sc3cnc4nccnc4c3)nc2NCCN(C)C)C1.O=C(O)C(F)(F)F. The molecule has 4 rings (SSSR count). The fraction of sp³-hybridized carbons (Fsp3) is 0.364. The minimum Gasteiger partial charge on any atom is -0.475 e. The van der Waals surface area contributed by atoms with Crippen LogP contribution in [-0.4, -0.2) is 74.3 Å². The van der Waals surface area contributed by atoms with Crippen molar-refractivity contribution in [3.05, 3.63) is 41.5 Å². The second-order valence-corrected chi connectivity index (χ2v) is 9.25. The van der Waals surface area contributed by atoms with E-state index in [0.717, 1.165) is 58.5 Å². The molecule has 3 heterocycles. The number of carbonyl (C=O) groups is 1. The molecule has 3 aromatic heterocycles. The maximum atomic E-state index is 10.6. The largest absolute Gasteiger partial charge is 0.490 e. The number of carboxylic acid groups (broad SMARTS) is 1. The minimum atomic E-state index is -5.08. The molecule has 0 atom stereocenters. The number of fused-ring (bicyclic) bond motifs is 2. The van der Waals surface area contributed by atoms with E-state index in [1.165, 1.54) is 17.3 Å². The van der Waals surface area contributed by atoms with Gasteiger partial charge in [0, 0.05) is 43.0 Å². The first-order valence-corrected chi connectivity index (χ1v) is 11.9. The lowest BCUT2D eigenvalue weighted by Gasteiger charge is -2.14. The van der Waals surface area contributed by atoms with Crippen molar-refractivity contribution in [3.8, 4) is 0 Å². The summed E-state index contributed by atoms with van der Waals surface area (Å²) in [6.45, 7) is 3.80. The van der Waals surface area contributed by atoms with Gasteiger partial charge in [-0.15, -0.1) is 0 Å². The molecule has 0 bridgehead atoms. The van der Waals surface area contributed by atoms with E-state index in [4.69, 9.17) is 31.5 Å². The van der Waals surface area contributed by atoms with Crippen LogP contribution in [0.25, 0.3) is 16.2 Å². The van der Waals surface area contributed by atoms with Crippen molar-refractivity contribution >= 4 is 51.3 Å². The molecule has 1 aliphatic carbocycles. The summed E-state index contributed by atoms with van der Waals surface area (Å²) in [6, 6.07) is 1.96. The number of halogens is 4. The Balaban J connectivity index is 0.000000454. The first-order chi connectivity index (χ1) is 17.0. The smallest absolute Gasteiger partial charge is 0.475 e. The third-order valence-electron chi connectivity index (χ3n) is 4.90. The van der Waals surface area contributed by atoms with Gasteiger partial charge >= 0.3 is 12.1 Å². The topological polar surface area (TPSA) is 117 Å². The van der Waals surface area contributed by atoms with Gasteiger partial charge in [0.05, 0.1) is 16.3 Å². The van der Waals surface area contributed by atoms with Gasteiger partial charge in [0.15, 0.2) is 10.8 Å². The average Bonchev–Trinajstić information content (AvgIpc) is 3.14. The number of aliphatic carboxylic acids is 1. The zero-order valence-electron chi connectivity index (χ0n) is 19.6. The van der Waals surface area contributed by atoms with Gasteiger partial charge in [-0.2, -0.15) is 13.2 Å². The Bertz CT molecular complexity index is 1290. The van der Waals surface area contributed by atoms with Gasteiger partial charge in [0.2, 0.25) is 0 Å². The summed E-state index contributed by atoms with van der Waals surface area (Å²) < 4.78 is 31.7. The minimum absolute atomic E-state index is 0.626. The molecule has 0 unspecified atom stereocenters. The van der Waals surface area contributed by atoms with E-state index in [9.17, 15) is 13.2 Å². The number of allylic oxidation sites excluding steroid dienone is 1. The molecule has 36 heavy (non-hydrogen) atoms. The van der Waals surface area contributed by atoms with E-state index in [-0.39, 0.29) is 0 Å². The van der Waals surface area contributed by atoms with Crippen LogP contribution in [0.5, 0.6) is 0 Å². The lowest BCUT2D eigenvalue weighted by Crippen LogP contribution is -2.21. The van der Waals surface area contributed by atoms with Crippen LogP contribution in [0.1, 0.15) is 24.6 Å². The molecule has 0 saturated heterocycles. The maximum Gasteiger partial charge on any atom is 0.490 e. The van der Waals surface area contributed by atoms with E-state index < -0.39 is 12.1 Å². The number of hydrogen-bond acceptors (Lipinski definition) is 9. The summed E-state index contributed by atoms with van der Waals surface area (Å²) in [5, 5.41) is 12.0. The molecule has 0 aliphatic heterocycles. The Morgan fingerprint density at radius 2 is 1.92 bits per heavy atom. The number of aromatic nitrogens is 5. The van der Waals surface area contributed by atoms with Gasteiger partial charge in [-0.25, -0.2) is 24.7 Å². The second kappa shape index (κ2) is 11.8. The van der Waals surface area contributed by atoms with Crippen molar-refractivity contribution < 1.29 is 23.1 Å². The van der Waals surface area contributed by atoms with Gasteiger partial charge in [-0.05, 0) is 43.9 Å². The number of nitrogens with one attached hydrogen (secondary N) is 1. The van der Waals surface area contributed by atoms with E-state index in [2.05, 4.69) is 32.1 Å². The van der Waals surface area contributed by atoms with Gasteiger partial charge in [-0.1, -0.05) is 18.5 Å². The lowest BCUT2D eigenvalue weighted by atomic mass is 10.2. The normalized spacial score (nSPS) is 13.0. The monoisotopic (exact) mass is 541 g/mol. The molecule has 0 aromatic carbocycles. The van der Waals surface area contributed by atoms with Crippen molar-refractivity contribution in [1.82, 2.24) is 29.8 Å². The van der Waals surface area contributed by atoms with Crippen LogP contribution in [-0.2, 0) is 11.2 Å². The van der Waals surface area contributed by atoms with E-state index in [1.807, 2.05) is 20.2 Å². The number of likely N-dealkylation sites (N-methyl/N-ethyl adjacent to an activating group) is 1. The van der Waals surface area contributed by atoms with Crippen molar-refractivity contribution in [2.75, 3.05) is 32.5 Å². The zero-order chi connectivity index (χ0) is 26.5. The Morgan fingerprint density at radius 3 is 2.56 bits per heavy atom. The molecule has 0 fully saturated rings. The molecule has 14 heteroatoms. The molecular weight excluding hydrogens is 519 g/mol. The summed E-state index contributed by atoms with van der Waals surface area (Å²) in [4.78, 5) is 34.4. The molecule has 9 nitrogen and oxygen atoms in total. The summed E-state index contributed by atoms with van der Waals surface area (Å²) in [5.41, 5.74) is 4.50. The predicted octanol–water partition coefficient (Wildman–Crippen LogP) is 4.49. The third kappa shape index (κ3) is 7.02. The van der Waals surface area contributed by atoms with Crippen molar-refractivity contribution in [1.29, 1.82) is 0 Å². The molecular formula is C22H23ClF3N7O2S. The van der Waals surface area contributed by atoms with Crippen LogP contribution >= 0.6 is 23.4 Å². The quantitative estimate of drug-likeness (QED) is 0.414. The van der Waals surface area contributed by atoms with Gasteiger partial charge < -0.3 is 15.3 Å². The first-order valence-electron chi connectivity index (χ1n) is 10.7. The third-order valence-corrected chi connectivity index (χ3v) is 6.18. The van der Waals surface area contributed by atoms with Gasteiger partial charge in [0.25, 0.3) is 0 Å². The Labute approximate surface area is 214 Å². The fourth-order valence-electron chi connectivity index (χ4n) is 3.15. The second-order valence-electron chi connectivity index (χ2n) is 7.83. The Morgan fingerprint density at radius 1 is 1.22 bits per heavy atom. The molecule has 0 spiro atoms. The highest BCUT2D eigenvalue weighted by atomic mass is 35.5. The average molecular weight is 542 g/mol. The van der Waals surface area contributed by atoms with E-state index in [0.29, 0.717) is 10.8 Å². The Hall–Kier alpha value is -3.03. The molecule has 0 saturated carbocycles. The standard InChI is InChI=1S/C20H22ClN7S.C2HF3O2/c1-4-12-9-14-16(17(12)21)19(24-7-8-28(2)3)27-20(26-14)29-13-10-15-18(25-11-13)23-6-5-22-15;3-2(4,5)1(6)7/h5-6,10-11H,4,7-9H2,1-3H3,(H,24,26,27);(H,6,7). The van der Waals surface area contributed by atoms with Crippen LogP contribution in [0.2, 0.25) is 0 Å². The molecule has 1 aliphatic rings. The number of nitrogens with zero attached hydrogens (tertiary/aromatic N) is 6. The molecule has 0 radical (unpaired) electrons. The number of carboxylic acids is 1. The summed E-state index contributed by atoms with van der Waals surface area (Å²) in [7, 11) is 4.09. The Kier molecular flexibility index (Phi) is 9.03. The van der Waals surface area contributed by atoms with E-state index in [1.54, 1.807) is 18.6 Å². The molecule has 0 amide bonds. The fourth-order valence-corrected chi connectivity index (χ4v) is 4.33. The highest BCUT2D eigenvalue weighted by Crippen LogP contribution is 2.41. The number of alkyl halides is 3.